The molecule has 138 valence electrons. The smallest absolute Gasteiger partial charge is 0.269 e. The molecule has 0 aliphatic carbocycles. The molecule has 0 fully saturated rings. The molecule has 0 spiro atoms. The molecule has 0 aliphatic heterocycles. The predicted octanol–water partition coefficient (Wildman–Crippen LogP) is 1.78. The highest BCUT2D eigenvalue weighted by Gasteiger charge is 2.14. The molecular weight excluding hydrogens is 378 g/mol. The van der Waals surface area contributed by atoms with Gasteiger partial charge >= 0.3 is 0 Å². The van der Waals surface area contributed by atoms with Crippen LogP contribution >= 0.6 is 11.6 Å². The third-order valence-electron chi connectivity index (χ3n) is 3.40. The quantitative estimate of drug-likeness (QED) is 0.648. The number of halogens is 1. The van der Waals surface area contributed by atoms with Crippen LogP contribution in [-0.4, -0.2) is 26.8 Å². The van der Waals surface area contributed by atoms with E-state index in [9.17, 15) is 18.0 Å². The predicted molar refractivity (Wildman–Crippen MR) is 98.0 cm³/mol. The third-order valence-corrected chi connectivity index (χ3v) is 5.13. The van der Waals surface area contributed by atoms with E-state index in [0.717, 1.165) is 5.56 Å². The molecule has 0 saturated heterocycles. The average Bonchev–Trinajstić information content (AvgIpc) is 2.60. The van der Waals surface area contributed by atoms with Crippen LogP contribution in [0, 0.1) is 6.92 Å². The van der Waals surface area contributed by atoms with E-state index in [-0.39, 0.29) is 17.9 Å². The molecule has 2 amide bonds. The van der Waals surface area contributed by atoms with Crippen LogP contribution in [0.5, 0.6) is 0 Å². The summed E-state index contributed by atoms with van der Waals surface area (Å²) in [6, 6.07) is 12.5. The molecule has 26 heavy (non-hydrogen) atoms. The van der Waals surface area contributed by atoms with Crippen molar-refractivity contribution in [2.75, 3.05) is 6.54 Å². The summed E-state index contributed by atoms with van der Waals surface area (Å²) in [5.74, 6) is -1.03. The minimum atomic E-state index is -3.68. The highest BCUT2D eigenvalue weighted by Crippen LogP contribution is 2.10. The van der Waals surface area contributed by atoms with Crippen molar-refractivity contribution in [2.24, 2.45) is 0 Å². The lowest BCUT2D eigenvalue weighted by atomic mass is 10.2. The fourth-order valence-corrected chi connectivity index (χ4v) is 3.12. The summed E-state index contributed by atoms with van der Waals surface area (Å²) in [4.78, 5) is 23.7. The Morgan fingerprint density at radius 3 is 2.19 bits per heavy atom. The Labute approximate surface area is 156 Å². The van der Waals surface area contributed by atoms with Crippen LogP contribution in [0.15, 0.2) is 53.4 Å². The van der Waals surface area contributed by atoms with Gasteiger partial charge in [0.1, 0.15) is 0 Å². The maximum atomic E-state index is 12.1. The van der Waals surface area contributed by atoms with Crippen LogP contribution in [-0.2, 0) is 14.8 Å². The number of sulfonamides is 1. The SMILES string of the molecule is Cc1ccc(S(=O)(=O)NCCC(=O)NNC(=O)c2ccc(Cl)cc2)cc1. The van der Waals surface area contributed by atoms with Crippen molar-refractivity contribution >= 4 is 33.4 Å². The number of hydrazine groups is 1. The van der Waals surface area contributed by atoms with Crippen LogP contribution in [0.25, 0.3) is 0 Å². The fraction of sp³-hybridized carbons (Fsp3) is 0.176. The van der Waals surface area contributed by atoms with Crippen LogP contribution in [0.1, 0.15) is 22.3 Å². The first kappa shape index (κ1) is 19.9. The van der Waals surface area contributed by atoms with Crippen molar-refractivity contribution in [3.05, 3.63) is 64.7 Å². The number of hydrogen-bond donors (Lipinski definition) is 3. The second-order valence-electron chi connectivity index (χ2n) is 5.47. The van der Waals surface area contributed by atoms with Crippen LogP contribution in [0.4, 0.5) is 0 Å². The van der Waals surface area contributed by atoms with Gasteiger partial charge in [0.15, 0.2) is 0 Å². The molecule has 3 N–H and O–H groups in total. The Bertz CT molecular complexity index is 881. The van der Waals surface area contributed by atoms with Gasteiger partial charge in [-0.1, -0.05) is 29.3 Å². The summed E-state index contributed by atoms with van der Waals surface area (Å²) < 4.78 is 26.5. The van der Waals surface area contributed by atoms with Gasteiger partial charge in [0.2, 0.25) is 15.9 Å². The Hall–Kier alpha value is -2.42. The van der Waals surface area contributed by atoms with E-state index in [1.165, 1.54) is 24.3 Å². The second kappa shape index (κ2) is 8.79. The van der Waals surface area contributed by atoms with Crippen molar-refractivity contribution in [2.45, 2.75) is 18.2 Å². The van der Waals surface area contributed by atoms with Gasteiger partial charge in [-0.05, 0) is 43.3 Å². The van der Waals surface area contributed by atoms with Gasteiger partial charge in [-0.15, -0.1) is 0 Å². The van der Waals surface area contributed by atoms with E-state index >= 15 is 0 Å². The fourth-order valence-electron chi connectivity index (χ4n) is 1.96. The summed E-state index contributed by atoms with van der Waals surface area (Å²) in [5.41, 5.74) is 5.74. The molecule has 0 saturated carbocycles. The molecule has 2 aromatic rings. The lowest BCUT2D eigenvalue weighted by Gasteiger charge is -2.09. The van der Waals surface area contributed by atoms with E-state index in [2.05, 4.69) is 15.6 Å². The van der Waals surface area contributed by atoms with Crippen molar-refractivity contribution in [1.82, 2.24) is 15.6 Å². The highest BCUT2D eigenvalue weighted by atomic mass is 35.5. The zero-order valence-corrected chi connectivity index (χ0v) is 15.5. The standard InChI is InChI=1S/C17H18ClN3O4S/c1-12-2-8-15(9-3-12)26(24,25)19-11-10-16(22)20-21-17(23)13-4-6-14(18)7-5-13/h2-9,19H,10-11H2,1H3,(H,20,22)(H,21,23). The summed E-state index contributed by atoms with van der Waals surface area (Å²) in [5, 5.41) is 0.492. The van der Waals surface area contributed by atoms with E-state index in [1.807, 2.05) is 6.92 Å². The number of nitrogens with one attached hydrogen (secondary N) is 3. The Morgan fingerprint density at radius 1 is 0.962 bits per heavy atom. The minimum Gasteiger partial charge on any atom is -0.273 e. The monoisotopic (exact) mass is 395 g/mol. The van der Waals surface area contributed by atoms with Crippen molar-refractivity contribution in [1.29, 1.82) is 0 Å². The zero-order chi connectivity index (χ0) is 19.2. The lowest BCUT2D eigenvalue weighted by Crippen LogP contribution is -2.42. The highest BCUT2D eigenvalue weighted by molar-refractivity contribution is 7.89. The van der Waals surface area contributed by atoms with Crippen molar-refractivity contribution in [3.63, 3.8) is 0 Å². The summed E-state index contributed by atoms with van der Waals surface area (Å²) in [7, 11) is -3.68. The summed E-state index contributed by atoms with van der Waals surface area (Å²) in [6.45, 7) is 1.76. The van der Waals surface area contributed by atoms with Gasteiger partial charge < -0.3 is 0 Å². The number of rotatable bonds is 6. The number of aryl methyl sites for hydroxylation is 1. The Balaban J connectivity index is 1.77. The zero-order valence-electron chi connectivity index (χ0n) is 14.0. The molecule has 7 nitrogen and oxygen atoms in total. The Kier molecular flexibility index (Phi) is 6.73. The van der Waals surface area contributed by atoms with Crippen molar-refractivity contribution in [3.8, 4) is 0 Å². The van der Waals surface area contributed by atoms with Gasteiger partial charge in [-0.2, -0.15) is 0 Å². The molecule has 2 rings (SSSR count). The van der Waals surface area contributed by atoms with Gasteiger partial charge in [0.05, 0.1) is 4.90 Å². The molecule has 0 heterocycles. The minimum absolute atomic E-state index is 0.0984. The Morgan fingerprint density at radius 2 is 1.58 bits per heavy atom. The maximum Gasteiger partial charge on any atom is 0.269 e. The summed E-state index contributed by atoms with van der Waals surface area (Å²) >= 11 is 5.73. The largest absolute Gasteiger partial charge is 0.273 e. The molecule has 9 heteroatoms. The number of benzene rings is 2. The number of amides is 2. The molecule has 2 aromatic carbocycles. The van der Waals surface area contributed by atoms with Crippen LogP contribution < -0.4 is 15.6 Å². The first-order valence-electron chi connectivity index (χ1n) is 7.69. The van der Waals surface area contributed by atoms with Crippen molar-refractivity contribution < 1.29 is 18.0 Å². The third kappa shape index (κ3) is 5.83. The topological polar surface area (TPSA) is 104 Å². The summed E-state index contributed by atoms with van der Waals surface area (Å²) in [6.07, 6.45) is -0.133. The van der Waals surface area contributed by atoms with Gasteiger partial charge in [0.25, 0.3) is 5.91 Å². The molecular formula is C17H18ClN3O4S. The first-order valence-corrected chi connectivity index (χ1v) is 9.55. The molecule has 0 radical (unpaired) electrons. The second-order valence-corrected chi connectivity index (χ2v) is 7.67. The number of carbonyl (C=O) groups excluding carboxylic acids is 2. The van der Waals surface area contributed by atoms with Gasteiger partial charge in [-0.3, -0.25) is 20.4 Å². The van der Waals surface area contributed by atoms with E-state index in [0.29, 0.717) is 10.6 Å². The first-order chi connectivity index (χ1) is 12.3. The van der Waals surface area contributed by atoms with E-state index < -0.39 is 21.8 Å². The van der Waals surface area contributed by atoms with Gasteiger partial charge in [0, 0.05) is 23.6 Å². The average molecular weight is 396 g/mol. The normalized spacial score (nSPS) is 11.0. The van der Waals surface area contributed by atoms with E-state index in [1.54, 1.807) is 24.3 Å². The van der Waals surface area contributed by atoms with Crippen LogP contribution in [0.2, 0.25) is 5.02 Å². The number of hydrogen-bond acceptors (Lipinski definition) is 4. The van der Waals surface area contributed by atoms with E-state index in [4.69, 9.17) is 11.6 Å². The maximum absolute atomic E-state index is 12.1. The van der Waals surface area contributed by atoms with Gasteiger partial charge in [-0.25, -0.2) is 13.1 Å². The molecule has 0 bridgehead atoms. The van der Waals surface area contributed by atoms with Crippen LogP contribution in [0.3, 0.4) is 0 Å². The molecule has 0 aromatic heterocycles. The lowest BCUT2D eigenvalue weighted by molar-refractivity contribution is -0.121. The molecule has 0 aliphatic rings. The number of carbonyl (C=O) groups is 2. The molecule has 0 unspecified atom stereocenters. The molecule has 0 atom stereocenters.